The highest BCUT2D eigenvalue weighted by Crippen LogP contribution is 2.31. The van der Waals surface area contributed by atoms with E-state index in [1.54, 1.807) is 6.92 Å². The van der Waals surface area contributed by atoms with Crippen LogP contribution >= 0.6 is 11.8 Å². The lowest BCUT2D eigenvalue weighted by atomic mass is 10.1. The molecule has 1 atom stereocenters. The molecular formula is C19H18N4O5S. The van der Waals surface area contributed by atoms with Gasteiger partial charge in [0.2, 0.25) is 11.8 Å². The summed E-state index contributed by atoms with van der Waals surface area (Å²) in [5.74, 6) is 0.246. The molecule has 0 saturated carbocycles. The molecule has 2 aromatic carbocycles. The lowest BCUT2D eigenvalue weighted by Crippen LogP contribution is -2.22. The van der Waals surface area contributed by atoms with Crippen molar-refractivity contribution in [3.63, 3.8) is 0 Å². The van der Waals surface area contributed by atoms with Crippen molar-refractivity contribution >= 4 is 29.0 Å². The van der Waals surface area contributed by atoms with Gasteiger partial charge in [-0.15, -0.1) is 10.2 Å². The van der Waals surface area contributed by atoms with Crippen LogP contribution in [0.25, 0.3) is 11.5 Å². The molecule has 10 heteroatoms. The van der Waals surface area contributed by atoms with Crippen LogP contribution in [0.15, 0.2) is 52.1 Å². The van der Waals surface area contributed by atoms with Crippen LogP contribution in [0.5, 0.6) is 5.75 Å². The molecule has 1 amide bonds. The fourth-order valence-electron chi connectivity index (χ4n) is 2.40. The number of carbonyl (C=O) groups is 1. The highest BCUT2D eigenvalue weighted by atomic mass is 32.2. The largest absolute Gasteiger partial charge is 0.496 e. The SMILES string of the molecule is COc1ccc(NC(=O)[C@@H](C)Sc2nnc(-c3ccc(C)cc3)o2)c([N+](=O)[O-])c1. The van der Waals surface area contributed by atoms with E-state index < -0.39 is 16.1 Å². The predicted molar refractivity (Wildman–Crippen MR) is 108 cm³/mol. The van der Waals surface area contributed by atoms with Crippen LogP contribution in [0.2, 0.25) is 0 Å². The smallest absolute Gasteiger partial charge is 0.296 e. The summed E-state index contributed by atoms with van der Waals surface area (Å²) in [4.78, 5) is 23.2. The maximum absolute atomic E-state index is 12.5. The summed E-state index contributed by atoms with van der Waals surface area (Å²) in [5, 5.41) is 21.4. The average molecular weight is 414 g/mol. The standard InChI is InChI=1S/C19H18N4O5S/c1-11-4-6-13(7-5-11)18-21-22-19(28-18)29-12(2)17(24)20-15-9-8-14(27-3)10-16(15)23(25)26/h4-10,12H,1-3H3,(H,20,24)/t12-/m1/s1. The third-order valence-corrected chi connectivity index (χ3v) is 4.95. The van der Waals surface area contributed by atoms with Gasteiger partial charge in [-0.05, 0) is 38.1 Å². The number of hydrogen-bond acceptors (Lipinski definition) is 8. The van der Waals surface area contributed by atoms with Crippen LogP contribution < -0.4 is 10.1 Å². The van der Waals surface area contributed by atoms with E-state index in [1.165, 1.54) is 25.3 Å². The van der Waals surface area contributed by atoms with Gasteiger partial charge in [-0.3, -0.25) is 14.9 Å². The molecule has 3 aromatic rings. The van der Waals surface area contributed by atoms with Crippen LogP contribution in [0.3, 0.4) is 0 Å². The van der Waals surface area contributed by atoms with Crippen molar-refractivity contribution in [2.75, 3.05) is 12.4 Å². The minimum absolute atomic E-state index is 0.0825. The molecule has 0 bridgehead atoms. The Labute approximate surface area is 170 Å². The molecule has 1 heterocycles. The summed E-state index contributed by atoms with van der Waals surface area (Å²) in [6.07, 6.45) is 0. The van der Waals surface area contributed by atoms with Crippen molar-refractivity contribution in [1.82, 2.24) is 10.2 Å². The Kier molecular flexibility index (Phi) is 6.13. The van der Waals surface area contributed by atoms with Gasteiger partial charge in [0.25, 0.3) is 10.9 Å². The number of thioether (sulfide) groups is 1. The van der Waals surface area contributed by atoms with Gasteiger partial charge >= 0.3 is 0 Å². The number of nitro groups is 1. The minimum Gasteiger partial charge on any atom is -0.496 e. The third-order valence-electron chi connectivity index (χ3n) is 4.01. The number of anilines is 1. The molecule has 1 aromatic heterocycles. The zero-order chi connectivity index (χ0) is 21.0. The molecule has 29 heavy (non-hydrogen) atoms. The number of aryl methyl sites for hydroxylation is 1. The lowest BCUT2D eigenvalue weighted by Gasteiger charge is -2.11. The van der Waals surface area contributed by atoms with Crippen LogP contribution in [0.1, 0.15) is 12.5 Å². The van der Waals surface area contributed by atoms with Gasteiger partial charge in [0.15, 0.2) is 0 Å². The molecule has 150 valence electrons. The van der Waals surface area contributed by atoms with Crippen molar-refractivity contribution in [3.8, 4) is 17.2 Å². The number of ether oxygens (including phenoxy) is 1. The summed E-state index contributed by atoms with van der Waals surface area (Å²) in [6, 6.07) is 11.8. The summed E-state index contributed by atoms with van der Waals surface area (Å²) < 4.78 is 10.6. The van der Waals surface area contributed by atoms with E-state index in [1.807, 2.05) is 31.2 Å². The first-order valence-corrected chi connectivity index (χ1v) is 9.46. The quantitative estimate of drug-likeness (QED) is 0.349. The molecule has 0 aliphatic carbocycles. The molecule has 1 N–H and O–H groups in total. The van der Waals surface area contributed by atoms with Gasteiger partial charge in [0, 0.05) is 5.56 Å². The second-order valence-corrected chi connectivity index (χ2v) is 7.42. The fraction of sp³-hybridized carbons (Fsp3) is 0.211. The number of nitro benzene ring substituents is 1. The van der Waals surface area contributed by atoms with Crippen molar-refractivity contribution in [2.24, 2.45) is 0 Å². The molecule has 0 spiro atoms. The summed E-state index contributed by atoms with van der Waals surface area (Å²) >= 11 is 1.06. The molecule has 0 fully saturated rings. The second-order valence-electron chi connectivity index (χ2n) is 6.13. The number of hydrogen-bond donors (Lipinski definition) is 1. The van der Waals surface area contributed by atoms with E-state index >= 15 is 0 Å². The Bertz CT molecular complexity index is 1040. The summed E-state index contributed by atoms with van der Waals surface area (Å²) in [7, 11) is 1.41. The first kappa shape index (κ1) is 20.3. The van der Waals surface area contributed by atoms with E-state index in [4.69, 9.17) is 9.15 Å². The average Bonchev–Trinajstić information content (AvgIpc) is 3.17. The summed E-state index contributed by atoms with van der Waals surface area (Å²) in [5.41, 5.74) is 1.72. The Hall–Kier alpha value is -3.40. The molecule has 3 rings (SSSR count). The first-order valence-electron chi connectivity index (χ1n) is 8.58. The molecule has 0 radical (unpaired) electrons. The van der Waals surface area contributed by atoms with Crippen LogP contribution in [0, 0.1) is 17.0 Å². The Balaban J connectivity index is 1.69. The predicted octanol–water partition coefficient (Wildman–Crippen LogP) is 4.08. The number of carbonyl (C=O) groups excluding carboxylic acids is 1. The van der Waals surface area contributed by atoms with E-state index in [-0.39, 0.29) is 16.6 Å². The van der Waals surface area contributed by atoms with E-state index in [0.717, 1.165) is 22.9 Å². The van der Waals surface area contributed by atoms with E-state index in [2.05, 4.69) is 15.5 Å². The Morgan fingerprint density at radius 2 is 1.97 bits per heavy atom. The zero-order valence-electron chi connectivity index (χ0n) is 15.9. The molecular weight excluding hydrogens is 396 g/mol. The number of methoxy groups -OCH3 is 1. The van der Waals surface area contributed by atoms with Crippen molar-refractivity contribution < 1.29 is 18.9 Å². The van der Waals surface area contributed by atoms with Crippen molar-refractivity contribution in [2.45, 2.75) is 24.3 Å². The highest BCUT2D eigenvalue weighted by Gasteiger charge is 2.22. The Morgan fingerprint density at radius 3 is 2.62 bits per heavy atom. The number of nitrogens with zero attached hydrogens (tertiary/aromatic N) is 3. The van der Waals surface area contributed by atoms with Crippen LogP contribution in [0.4, 0.5) is 11.4 Å². The van der Waals surface area contributed by atoms with E-state index in [0.29, 0.717) is 11.6 Å². The number of amides is 1. The topological polar surface area (TPSA) is 120 Å². The number of aromatic nitrogens is 2. The number of benzene rings is 2. The van der Waals surface area contributed by atoms with Gasteiger partial charge in [0.1, 0.15) is 11.4 Å². The highest BCUT2D eigenvalue weighted by molar-refractivity contribution is 8.00. The van der Waals surface area contributed by atoms with Gasteiger partial charge in [0.05, 0.1) is 23.3 Å². The maximum Gasteiger partial charge on any atom is 0.296 e. The lowest BCUT2D eigenvalue weighted by molar-refractivity contribution is -0.384. The number of nitrogens with one attached hydrogen (secondary N) is 1. The molecule has 9 nitrogen and oxygen atoms in total. The monoisotopic (exact) mass is 414 g/mol. The van der Waals surface area contributed by atoms with Crippen molar-refractivity contribution in [3.05, 3.63) is 58.1 Å². The van der Waals surface area contributed by atoms with Crippen LogP contribution in [-0.4, -0.2) is 33.4 Å². The van der Waals surface area contributed by atoms with Gasteiger partial charge < -0.3 is 14.5 Å². The normalized spacial score (nSPS) is 11.7. The van der Waals surface area contributed by atoms with E-state index in [9.17, 15) is 14.9 Å². The third kappa shape index (κ3) is 4.91. The zero-order valence-corrected chi connectivity index (χ0v) is 16.7. The summed E-state index contributed by atoms with van der Waals surface area (Å²) in [6.45, 7) is 3.62. The molecule has 0 aliphatic heterocycles. The van der Waals surface area contributed by atoms with Crippen LogP contribution in [-0.2, 0) is 4.79 Å². The maximum atomic E-state index is 12.5. The molecule has 0 saturated heterocycles. The first-order chi connectivity index (χ1) is 13.9. The second kappa shape index (κ2) is 8.74. The Morgan fingerprint density at radius 1 is 1.24 bits per heavy atom. The molecule has 0 aliphatic rings. The van der Waals surface area contributed by atoms with Gasteiger partial charge in [-0.2, -0.15) is 0 Å². The minimum atomic E-state index is -0.622. The number of rotatable bonds is 7. The van der Waals surface area contributed by atoms with Gasteiger partial charge in [-0.1, -0.05) is 29.5 Å². The van der Waals surface area contributed by atoms with Gasteiger partial charge in [-0.25, -0.2) is 0 Å². The molecule has 0 unspecified atom stereocenters. The fourth-order valence-corrected chi connectivity index (χ4v) is 3.09. The van der Waals surface area contributed by atoms with Crippen molar-refractivity contribution in [1.29, 1.82) is 0 Å².